The van der Waals surface area contributed by atoms with E-state index in [0.29, 0.717) is 6.07 Å². The Morgan fingerprint density at radius 1 is 1.05 bits per heavy atom. The van der Waals surface area contributed by atoms with Gasteiger partial charge in [-0.3, -0.25) is 10.1 Å². The van der Waals surface area contributed by atoms with Crippen molar-refractivity contribution in [2.24, 2.45) is 0 Å². The summed E-state index contributed by atoms with van der Waals surface area (Å²) in [6.45, 7) is 0. The number of non-ortho nitro benzene ring substituents is 1. The Morgan fingerprint density at radius 2 is 1.70 bits per heavy atom. The molecule has 0 spiro atoms. The molecule has 20 heavy (non-hydrogen) atoms. The molecule has 0 atom stereocenters. The summed E-state index contributed by atoms with van der Waals surface area (Å²) in [5.41, 5.74) is -2.07. The molecule has 104 valence electrons. The highest BCUT2D eigenvalue weighted by Crippen LogP contribution is 2.37. The monoisotopic (exact) mass is 285 g/mol. The van der Waals surface area contributed by atoms with Gasteiger partial charge in [0.05, 0.1) is 16.6 Å². The van der Waals surface area contributed by atoms with Gasteiger partial charge in [0, 0.05) is 6.07 Å². The van der Waals surface area contributed by atoms with E-state index < -0.39 is 28.2 Å². The predicted octanol–water partition coefficient (Wildman–Crippen LogP) is 4.42. The number of alkyl halides is 3. The summed E-state index contributed by atoms with van der Waals surface area (Å²) >= 11 is 0. The molecule has 0 aliphatic carbocycles. The average Bonchev–Trinajstić information content (AvgIpc) is 2.37. The van der Waals surface area contributed by atoms with Crippen LogP contribution in [0.2, 0.25) is 0 Å². The normalized spacial score (nSPS) is 11.4. The number of nitro groups is 1. The van der Waals surface area contributed by atoms with Gasteiger partial charge in [-0.15, -0.1) is 0 Å². The molecule has 2 aromatic rings. The van der Waals surface area contributed by atoms with Gasteiger partial charge in [0.15, 0.2) is 0 Å². The van der Waals surface area contributed by atoms with Crippen molar-refractivity contribution in [3.63, 3.8) is 0 Å². The SMILES string of the molecule is O=[N+]([O-])c1cc(F)cc(-c2ccccc2C(F)(F)F)c1. The summed E-state index contributed by atoms with van der Waals surface area (Å²) in [6.07, 6.45) is -4.63. The lowest BCUT2D eigenvalue weighted by atomic mass is 9.99. The number of nitro benzene ring substituents is 1. The first-order valence-electron chi connectivity index (χ1n) is 5.40. The molecule has 0 heterocycles. The van der Waals surface area contributed by atoms with Crippen molar-refractivity contribution >= 4 is 5.69 Å². The van der Waals surface area contributed by atoms with Crippen LogP contribution in [0, 0.1) is 15.9 Å². The molecule has 2 rings (SSSR count). The van der Waals surface area contributed by atoms with Gasteiger partial charge in [-0.2, -0.15) is 13.2 Å². The third-order valence-corrected chi connectivity index (χ3v) is 2.64. The Balaban J connectivity index is 2.66. The van der Waals surface area contributed by atoms with Gasteiger partial charge in [0.1, 0.15) is 5.82 Å². The summed E-state index contributed by atoms with van der Waals surface area (Å²) < 4.78 is 51.9. The zero-order valence-corrected chi connectivity index (χ0v) is 9.82. The van der Waals surface area contributed by atoms with E-state index in [4.69, 9.17) is 0 Å². The van der Waals surface area contributed by atoms with Crippen LogP contribution in [0.25, 0.3) is 11.1 Å². The quantitative estimate of drug-likeness (QED) is 0.465. The standard InChI is InChI=1S/C13H7F4NO2/c14-9-5-8(6-10(7-9)18(19)20)11-3-1-2-4-12(11)13(15,16)17/h1-7H. The number of hydrogen-bond donors (Lipinski definition) is 0. The topological polar surface area (TPSA) is 43.1 Å². The van der Waals surface area contributed by atoms with Crippen LogP contribution in [0.3, 0.4) is 0 Å². The lowest BCUT2D eigenvalue weighted by Crippen LogP contribution is -2.07. The third-order valence-electron chi connectivity index (χ3n) is 2.64. The van der Waals surface area contributed by atoms with E-state index in [2.05, 4.69) is 0 Å². The third kappa shape index (κ3) is 2.76. The summed E-state index contributed by atoms with van der Waals surface area (Å²) in [4.78, 5) is 9.78. The second-order valence-corrected chi connectivity index (χ2v) is 4.00. The number of rotatable bonds is 2. The Morgan fingerprint density at radius 3 is 2.30 bits per heavy atom. The van der Waals surface area contributed by atoms with Crippen molar-refractivity contribution in [1.82, 2.24) is 0 Å². The smallest absolute Gasteiger partial charge is 0.258 e. The lowest BCUT2D eigenvalue weighted by Gasteiger charge is -2.12. The summed E-state index contributed by atoms with van der Waals surface area (Å²) in [7, 11) is 0. The number of nitrogens with zero attached hydrogens (tertiary/aromatic N) is 1. The fourth-order valence-corrected chi connectivity index (χ4v) is 1.82. The first kappa shape index (κ1) is 14.0. The molecule has 0 amide bonds. The van der Waals surface area contributed by atoms with Crippen molar-refractivity contribution in [3.8, 4) is 11.1 Å². The zero-order valence-electron chi connectivity index (χ0n) is 9.82. The fraction of sp³-hybridized carbons (Fsp3) is 0.0769. The zero-order chi connectivity index (χ0) is 14.9. The summed E-state index contributed by atoms with van der Waals surface area (Å²) in [6, 6.07) is 6.92. The second kappa shape index (κ2) is 4.92. The minimum atomic E-state index is -4.63. The van der Waals surface area contributed by atoms with Crippen LogP contribution in [0.4, 0.5) is 23.2 Å². The van der Waals surface area contributed by atoms with E-state index >= 15 is 0 Å². The van der Waals surface area contributed by atoms with E-state index in [1.165, 1.54) is 12.1 Å². The van der Waals surface area contributed by atoms with E-state index in [0.717, 1.165) is 24.3 Å². The van der Waals surface area contributed by atoms with Crippen LogP contribution in [0.5, 0.6) is 0 Å². The number of hydrogen-bond acceptors (Lipinski definition) is 2. The first-order valence-corrected chi connectivity index (χ1v) is 5.40. The fourth-order valence-electron chi connectivity index (χ4n) is 1.82. The molecule has 0 aliphatic heterocycles. The molecule has 0 saturated heterocycles. The molecule has 0 unspecified atom stereocenters. The molecule has 0 aromatic heterocycles. The van der Waals surface area contributed by atoms with Gasteiger partial charge in [-0.1, -0.05) is 18.2 Å². The van der Waals surface area contributed by atoms with Crippen molar-refractivity contribution in [1.29, 1.82) is 0 Å². The highest BCUT2D eigenvalue weighted by Gasteiger charge is 2.33. The van der Waals surface area contributed by atoms with Gasteiger partial charge in [-0.05, 0) is 23.3 Å². The van der Waals surface area contributed by atoms with E-state index in [1.807, 2.05) is 0 Å². The summed E-state index contributed by atoms with van der Waals surface area (Å²) in [5, 5.41) is 10.6. The summed E-state index contributed by atoms with van der Waals surface area (Å²) in [5.74, 6) is -0.967. The molecule has 7 heteroatoms. The Bertz CT molecular complexity index is 668. The van der Waals surface area contributed by atoms with Gasteiger partial charge in [0.2, 0.25) is 0 Å². The van der Waals surface area contributed by atoms with Crippen LogP contribution >= 0.6 is 0 Å². The van der Waals surface area contributed by atoms with Crippen LogP contribution in [0.15, 0.2) is 42.5 Å². The van der Waals surface area contributed by atoms with E-state index in [-0.39, 0.29) is 11.1 Å². The van der Waals surface area contributed by atoms with Crippen molar-refractivity contribution in [2.75, 3.05) is 0 Å². The highest BCUT2D eigenvalue weighted by molar-refractivity contribution is 5.70. The minimum Gasteiger partial charge on any atom is -0.258 e. The first-order chi connectivity index (χ1) is 9.29. The molecule has 0 bridgehead atoms. The molecular weight excluding hydrogens is 278 g/mol. The highest BCUT2D eigenvalue weighted by atomic mass is 19.4. The largest absolute Gasteiger partial charge is 0.417 e. The molecule has 0 fully saturated rings. The maximum atomic E-state index is 13.3. The number of benzene rings is 2. The maximum absolute atomic E-state index is 13.3. The molecular formula is C13H7F4NO2. The average molecular weight is 285 g/mol. The van der Waals surface area contributed by atoms with Crippen LogP contribution in [-0.4, -0.2) is 4.92 Å². The van der Waals surface area contributed by atoms with Crippen LogP contribution < -0.4 is 0 Å². The molecule has 0 saturated carbocycles. The Hall–Kier alpha value is -2.44. The minimum absolute atomic E-state index is 0.190. The van der Waals surface area contributed by atoms with Crippen molar-refractivity contribution in [2.45, 2.75) is 6.18 Å². The van der Waals surface area contributed by atoms with Crippen LogP contribution in [-0.2, 0) is 6.18 Å². The molecule has 0 radical (unpaired) electrons. The van der Waals surface area contributed by atoms with E-state index in [1.54, 1.807) is 0 Å². The molecule has 0 aliphatic rings. The van der Waals surface area contributed by atoms with Crippen molar-refractivity contribution < 1.29 is 22.5 Å². The number of halogens is 4. The van der Waals surface area contributed by atoms with Gasteiger partial charge in [0.25, 0.3) is 5.69 Å². The van der Waals surface area contributed by atoms with Crippen LogP contribution in [0.1, 0.15) is 5.56 Å². The maximum Gasteiger partial charge on any atom is 0.417 e. The van der Waals surface area contributed by atoms with Gasteiger partial charge in [-0.25, -0.2) is 4.39 Å². The Labute approximate surface area is 110 Å². The second-order valence-electron chi connectivity index (χ2n) is 4.00. The molecule has 0 N–H and O–H groups in total. The van der Waals surface area contributed by atoms with E-state index in [9.17, 15) is 27.7 Å². The molecule has 2 aromatic carbocycles. The van der Waals surface area contributed by atoms with Crippen molar-refractivity contribution in [3.05, 3.63) is 64.0 Å². The van der Waals surface area contributed by atoms with Gasteiger partial charge >= 0.3 is 6.18 Å². The molecule has 3 nitrogen and oxygen atoms in total. The predicted molar refractivity (Wildman–Crippen MR) is 63.5 cm³/mol. The Kier molecular flexibility index (Phi) is 3.44. The van der Waals surface area contributed by atoms with Gasteiger partial charge < -0.3 is 0 Å². The lowest BCUT2D eigenvalue weighted by molar-refractivity contribution is -0.385.